The third-order valence-electron chi connectivity index (χ3n) is 3.38. The van der Waals surface area contributed by atoms with Gasteiger partial charge in [0, 0.05) is 11.8 Å². The van der Waals surface area contributed by atoms with Gasteiger partial charge in [0.15, 0.2) is 9.84 Å². The van der Waals surface area contributed by atoms with Crippen molar-refractivity contribution in [2.45, 2.75) is 11.1 Å². The minimum absolute atomic E-state index is 0.0180. The predicted octanol–water partition coefficient (Wildman–Crippen LogP) is 1.51. The van der Waals surface area contributed by atoms with Crippen LogP contribution in [0, 0.1) is 0 Å². The first-order chi connectivity index (χ1) is 13.4. The van der Waals surface area contributed by atoms with Crippen molar-refractivity contribution >= 4 is 21.5 Å². The number of nitrogens with two attached hydrogens (primary N) is 1. The first-order valence-corrected chi connectivity index (χ1v) is 9.61. The molecule has 2 N–H and O–H groups in total. The number of rotatable bonds is 6. The van der Waals surface area contributed by atoms with E-state index in [1.807, 2.05) is 0 Å². The highest BCUT2D eigenvalue weighted by Gasteiger charge is 2.32. The number of aromatic nitrogens is 2. The first-order valence-electron chi connectivity index (χ1n) is 7.72. The van der Waals surface area contributed by atoms with Crippen molar-refractivity contribution in [1.82, 2.24) is 10.2 Å². The van der Waals surface area contributed by atoms with Crippen LogP contribution in [-0.2, 0) is 19.4 Å². The quantitative estimate of drug-likeness (QED) is 0.536. The highest BCUT2D eigenvalue weighted by atomic mass is 32.2. The number of aliphatic imine (C=N–C) groups is 1. The number of sulfone groups is 1. The molecule has 0 spiro atoms. The monoisotopic (exact) mass is 432 g/mol. The molecule has 1 aromatic carbocycles. The topological polar surface area (TPSA) is 138 Å². The smallest absolute Gasteiger partial charge is 0.430 e. The van der Waals surface area contributed by atoms with Gasteiger partial charge in [0.2, 0.25) is 5.89 Å². The van der Waals surface area contributed by atoms with Crippen LogP contribution in [0.25, 0.3) is 11.5 Å². The zero-order valence-electron chi connectivity index (χ0n) is 15.1. The maximum Gasteiger partial charge on any atom is 0.430 e. The zero-order valence-corrected chi connectivity index (χ0v) is 15.9. The van der Waals surface area contributed by atoms with Crippen LogP contribution < -0.4 is 5.73 Å². The summed E-state index contributed by atoms with van der Waals surface area (Å²) < 4.78 is 71.3. The van der Waals surface area contributed by atoms with E-state index < -0.39 is 45.8 Å². The van der Waals surface area contributed by atoms with E-state index in [1.54, 1.807) is 0 Å². The van der Waals surface area contributed by atoms with Crippen LogP contribution >= 0.6 is 0 Å². The summed E-state index contributed by atoms with van der Waals surface area (Å²) >= 11 is 0. The van der Waals surface area contributed by atoms with E-state index in [9.17, 15) is 26.4 Å². The second-order valence-electron chi connectivity index (χ2n) is 5.59. The van der Waals surface area contributed by atoms with Crippen molar-refractivity contribution in [3.63, 3.8) is 0 Å². The van der Waals surface area contributed by atoms with Crippen LogP contribution in [0.5, 0.6) is 0 Å². The summed E-state index contributed by atoms with van der Waals surface area (Å²) in [7, 11) is -2.43. The van der Waals surface area contributed by atoms with Gasteiger partial charge in [-0.05, 0) is 24.3 Å². The Morgan fingerprint density at radius 2 is 2.03 bits per heavy atom. The fraction of sp³-hybridized carbons (Fsp3) is 0.250. The van der Waals surface area contributed by atoms with Crippen molar-refractivity contribution in [3.05, 3.63) is 41.9 Å². The van der Waals surface area contributed by atoms with Crippen molar-refractivity contribution in [1.29, 1.82) is 0 Å². The summed E-state index contributed by atoms with van der Waals surface area (Å²) in [6.07, 6.45) is -3.40. The second-order valence-corrected chi connectivity index (χ2v) is 7.60. The van der Waals surface area contributed by atoms with Gasteiger partial charge in [0.25, 0.3) is 5.89 Å². The average molecular weight is 432 g/mol. The molecule has 0 atom stereocenters. The molecular formula is C16H15F3N4O5S. The number of methoxy groups -OCH3 is 1. The molecule has 2 rings (SSSR count). The number of hydrogen-bond acceptors (Lipinski definition) is 9. The number of carbonyl (C=O) groups is 1. The largest absolute Gasteiger partial charge is 0.468 e. The lowest BCUT2D eigenvalue weighted by atomic mass is 10.2. The van der Waals surface area contributed by atoms with Gasteiger partial charge >= 0.3 is 12.1 Å². The predicted molar refractivity (Wildman–Crippen MR) is 94.6 cm³/mol. The number of carbonyl (C=O) groups excluding carboxylic acids is 1. The van der Waals surface area contributed by atoms with E-state index in [4.69, 9.17) is 10.2 Å². The van der Waals surface area contributed by atoms with Crippen LogP contribution in [0.1, 0.15) is 5.89 Å². The first kappa shape index (κ1) is 22.1. The molecule has 0 saturated carbocycles. The summed E-state index contributed by atoms with van der Waals surface area (Å²) in [5.74, 6) is -1.45. The number of halogens is 3. The summed E-state index contributed by atoms with van der Waals surface area (Å²) in [5.41, 5.74) is 3.21. The van der Waals surface area contributed by atoms with Gasteiger partial charge in [-0.1, -0.05) is 6.07 Å². The Labute approximate surface area is 163 Å². The molecule has 13 heteroatoms. The lowest BCUT2D eigenvalue weighted by molar-refractivity contribution is -0.138. The third kappa shape index (κ3) is 5.88. The minimum Gasteiger partial charge on any atom is -0.468 e. The third-order valence-corrected chi connectivity index (χ3v) is 4.49. The molecule has 0 amide bonds. The molecule has 0 fully saturated rings. The number of benzene rings is 1. The molecule has 1 aromatic heterocycles. The van der Waals surface area contributed by atoms with Crippen molar-refractivity contribution in [3.8, 4) is 11.5 Å². The van der Waals surface area contributed by atoms with Crippen molar-refractivity contribution in [2.24, 2.45) is 10.7 Å². The molecule has 0 aliphatic heterocycles. The van der Waals surface area contributed by atoms with E-state index in [-0.39, 0.29) is 16.3 Å². The van der Waals surface area contributed by atoms with Gasteiger partial charge in [-0.15, -0.1) is 10.2 Å². The summed E-state index contributed by atoms with van der Waals surface area (Å²) in [6.45, 7) is -0.616. The van der Waals surface area contributed by atoms with Gasteiger partial charge in [0.1, 0.15) is 18.0 Å². The minimum atomic E-state index is -4.85. The van der Waals surface area contributed by atoms with E-state index in [1.165, 1.54) is 24.3 Å². The van der Waals surface area contributed by atoms with Gasteiger partial charge in [-0.25, -0.2) is 8.42 Å². The Kier molecular flexibility index (Phi) is 6.41. The molecule has 0 aliphatic carbocycles. The number of esters is 1. The number of nitrogens with zero attached hydrogens (tertiary/aromatic N) is 3. The molecule has 0 bridgehead atoms. The van der Waals surface area contributed by atoms with Gasteiger partial charge in [-0.2, -0.15) is 13.2 Å². The Bertz CT molecular complexity index is 1070. The van der Waals surface area contributed by atoms with E-state index >= 15 is 0 Å². The zero-order chi connectivity index (χ0) is 21.8. The molecule has 0 unspecified atom stereocenters. The van der Waals surface area contributed by atoms with Crippen LogP contribution in [0.2, 0.25) is 0 Å². The summed E-state index contributed by atoms with van der Waals surface area (Å²) in [6, 6.07) is 5.52. The molecule has 29 heavy (non-hydrogen) atoms. The Balaban J connectivity index is 2.47. The normalized spacial score (nSPS) is 13.4. The lowest BCUT2D eigenvalue weighted by Gasteiger charge is -2.06. The maximum atomic E-state index is 12.8. The van der Waals surface area contributed by atoms with Gasteiger partial charge < -0.3 is 14.9 Å². The number of alkyl halides is 3. The Hall–Kier alpha value is -3.22. The van der Waals surface area contributed by atoms with Crippen molar-refractivity contribution in [2.75, 3.05) is 19.9 Å². The highest BCUT2D eigenvalue weighted by molar-refractivity contribution is 7.90. The second kappa shape index (κ2) is 8.43. The van der Waals surface area contributed by atoms with E-state index in [2.05, 4.69) is 19.9 Å². The van der Waals surface area contributed by atoms with E-state index in [0.29, 0.717) is 6.08 Å². The number of hydrogen-bond donors (Lipinski definition) is 1. The summed E-state index contributed by atoms with van der Waals surface area (Å²) in [4.78, 5) is 14.9. The average Bonchev–Trinajstić information content (AvgIpc) is 3.13. The van der Waals surface area contributed by atoms with Gasteiger partial charge in [0.05, 0.1) is 12.0 Å². The molecular weight excluding hydrogens is 417 g/mol. The molecule has 0 aliphatic rings. The molecule has 156 valence electrons. The molecule has 1 heterocycles. The molecule has 2 aromatic rings. The SMILES string of the molecule is COC(=O)CN=C(C=C(N)C(F)(F)F)c1nnc(-c2cccc(S(C)(=O)=O)c2)o1. The fourth-order valence-electron chi connectivity index (χ4n) is 1.92. The fourth-order valence-corrected chi connectivity index (χ4v) is 2.59. The maximum absolute atomic E-state index is 12.8. The summed E-state index contributed by atoms with van der Waals surface area (Å²) in [5, 5.41) is 7.29. The van der Waals surface area contributed by atoms with Crippen LogP contribution in [0.15, 0.2) is 50.3 Å². The standard InChI is InChI=1S/C16H15F3N4O5S/c1-27-13(24)8-21-11(7-12(20)16(17,18)19)15-23-22-14(28-15)9-4-3-5-10(6-9)29(2,25)26/h3-7H,8,20H2,1-2H3. The molecule has 0 radical (unpaired) electrons. The van der Waals surface area contributed by atoms with Gasteiger partial charge in [-0.3, -0.25) is 9.79 Å². The molecule has 0 saturated heterocycles. The van der Waals surface area contributed by atoms with Crippen molar-refractivity contribution < 1.29 is 35.5 Å². The number of allylic oxidation sites excluding steroid dienone is 2. The Morgan fingerprint density at radius 1 is 1.34 bits per heavy atom. The molecule has 9 nitrogen and oxygen atoms in total. The highest BCUT2D eigenvalue weighted by Crippen LogP contribution is 2.24. The van der Waals surface area contributed by atoms with Crippen LogP contribution in [0.3, 0.4) is 0 Å². The van der Waals surface area contributed by atoms with Crippen LogP contribution in [-0.4, -0.2) is 56.4 Å². The lowest BCUT2D eigenvalue weighted by Crippen LogP contribution is -2.21. The Morgan fingerprint density at radius 3 is 2.62 bits per heavy atom. The number of ether oxygens (including phenoxy) is 1. The van der Waals surface area contributed by atoms with Crippen LogP contribution in [0.4, 0.5) is 13.2 Å². The van der Waals surface area contributed by atoms with E-state index in [0.717, 1.165) is 13.4 Å².